The third-order valence-corrected chi connectivity index (χ3v) is 3.09. The van der Waals surface area contributed by atoms with E-state index in [1.807, 2.05) is 51.1 Å². The van der Waals surface area contributed by atoms with Gasteiger partial charge in [-0.15, -0.1) is 0 Å². The molecule has 0 bridgehead atoms. The van der Waals surface area contributed by atoms with E-state index in [0.717, 1.165) is 11.1 Å². The molecule has 1 unspecified atom stereocenters. The zero-order chi connectivity index (χ0) is 14.5. The molecule has 0 aliphatic rings. The predicted molar refractivity (Wildman–Crippen MR) is 81.5 cm³/mol. The molecule has 0 aliphatic carbocycles. The molecule has 0 aromatic heterocycles. The van der Waals surface area contributed by atoms with Crippen molar-refractivity contribution < 1.29 is 9.53 Å². The topological polar surface area (TPSA) is 38.3 Å². The van der Waals surface area contributed by atoms with Gasteiger partial charge in [0.1, 0.15) is 5.60 Å². The number of nitrogens with one attached hydrogen (secondary N) is 1. The van der Waals surface area contributed by atoms with Crippen LogP contribution < -0.4 is 5.32 Å². The molecule has 4 heteroatoms. The average molecular weight is 326 g/mol. The molecule has 1 aromatic carbocycles. The molecule has 0 saturated heterocycles. The van der Waals surface area contributed by atoms with Crippen molar-refractivity contribution in [1.82, 2.24) is 5.32 Å². The van der Waals surface area contributed by atoms with Crippen molar-refractivity contribution in [3.8, 4) is 0 Å². The van der Waals surface area contributed by atoms with Gasteiger partial charge in [0.2, 0.25) is 0 Å². The fourth-order valence-corrected chi connectivity index (χ4v) is 1.89. The fourth-order valence-electron chi connectivity index (χ4n) is 1.57. The van der Waals surface area contributed by atoms with Crippen LogP contribution in [-0.4, -0.2) is 17.0 Å². The van der Waals surface area contributed by atoms with Gasteiger partial charge in [-0.2, -0.15) is 0 Å². The number of amides is 1. The van der Waals surface area contributed by atoms with Gasteiger partial charge in [-0.1, -0.05) is 52.8 Å². The Labute approximate surface area is 123 Å². The van der Waals surface area contributed by atoms with E-state index in [0.29, 0.717) is 5.33 Å². The van der Waals surface area contributed by atoms with E-state index >= 15 is 0 Å². The van der Waals surface area contributed by atoms with Crippen LogP contribution in [0, 0.1) is 0 Å². The maximum atomic E-state index is 11.9. The second-order valence-corrected chi connectivity index (χ2v) is 5.84. The molecule has 0 fully saturated rings. The molecule has 1 rings (SSSR count). The normalized spacial score (nSPS) is 12.6. The van der Waals surface area contributed by atoms with Crippen molar-refractivity contribution in [2.45, 2.75) is 32.4 Å². The van der Waals surface area contributed by atoms with Gasteiger partial charge in [0.25, 0.3) is 0 Å². The predicted octanol–water partition coefficient (Wildman–Crippen LogP) is 4.20. The van der Waals surface area contributed by atoms with Crippen LogP contribution in [0.1, 0.15) is 32.4 Å². The second-order valence-electron chi connectivity index (χ2n) is 5.28. The number of hydrogen-bond acceptors (Lipinski definition) is 2. The zero-order valence-electron chi connectivity index (χ0n) is 11.6. The molecule has 1 atom stereocenters. The Morgan fingerprint density at radius 3 is 2.42 bits per heavy atom. The van der Waals surface area contributed by atoms with Gasteiger partial charge >= 0.3 is 6.09 Å². The number of benzene rings is 1. The lowest BCUT2D eigenvalue weighted by atomic mass is 10.0. The molecule has 104 valence electrons. The van der Waals surface area contributed by atoms with Crippen LogP contribution in [0.3, 0.4) is 0 Å². The summed E-state index contributed by atoms with van der Waals surface area (Å²) in [6.07, 6.45) is -0.441. The van der Waals surface area contributed by atoms with Crippen LogP contribution >= 0.6 is 15.9 Å². The molecule has 0 saturated carbocycles. The smallest absolute Gasteiger partial charge is 0.408 e. The van der Waals surface area contributed by atoms with E-state index in [1.54, 1.807) is 0 Å². The average Bonchev–Trinajstić information content (AvgIpc) is 2.34. The molecule has 1 amide bonds. The number of ether oxygens (including phenoxy) is 1. The first kappa shape index (κ1) is 15.8. The van der Waals surface area contributed by atoms with Crippen molar-refractivity contribution in [2.24, 2.45) is 0 Å². The number of carbonyl (C=O) groups is 1. The lowest BCUT2D eigenvalue weighted by molar-refractivity contribution is 0.0511. The number of halogens is 1. The number of carbonyl (C=O) groups excluding carboxylic acids is 1. The standard InChI is InChI=1S/C15H20BrNO2/c1-11(10-16)13(12-8-6-5-7-9-12)17-14(18)19-15(2,3)4/h5-9,13H,1,10H2,2-4H3,(H,17,18). The first-order valence-electron chi connectivity index (χ1n) is 6.11. The van der Waals surface area contributed by atoms with Crippen LogP contribution in [0.4, 0.5) is 4.79 Å². The Morgan fingerprint density at radius 1 is 1.37 bits per heavy atom. The summed E-state index contributed by atoms with van der Waals surface area (Å²) >= 11 is 3.37. The molecule has 3 nitrogen and oxygen atoms in total. The van der Waals surface area contributed by atoms with Crippen LogP contribution in [0.5, 0.6) is 0 Å². The maximum Gasteiger partial charge on any atom is 0.408 e. The quantitative estimate of drug-likeness (QED) is 0.665. The Hall–Kier alpha value is -1.29. The first-order valence-corrected chi connectivity index (χ1v) is 7.23. The van der Waals surface area contributed by atoms with E-state index in [2.05, 4.69) is 27.8 Å². The lowest BCUT2D eigenvalue weighted by Gasteiger charge is -2.24. The Morgan fingerprint density at radius 2 is 1.95 bits per heavy atom. The highest BCUT2D eigenvalue weighted by atomic mass is 79.9. The first-order chi connectivity index (χ1) is 8.83. The Kier molecular flexibility index (Phi) is 5.60. The maximum absolute atomic E-state index is 11.9. The fraction of sp³-hybridized carbons (Fsp3) is 0.400. The number of hydrogen-bond donors (Lipinski definition) is 1. The molecule has 0 spiro atoms. The van der Waals surface area contributed by atoms with Crippen LogP contribution in [0.2, 0.25) is 0 Å². The van der Waals surface area contributed by atoms with E-state index < -0.39 is 11.7 Å². The third kappa shape index (κ3) is 5.47. The molecular weight excluding hydrogens is 306 g/mol. The van der Waals surface area contributed by atoms with Crippen molar-refractivity contribution in [3.05, 3.63) is 48.0 Å². The van der Waals surface area contributed by atoms with Gasteiger partial charge in [-0.25, -0.2) is 4.79 Å². The molecule has 0 heterocycles. The Balaban J connectivity index is 2.83. The third-order valence-electron chi connectivity index (χ3n) is 2.37. The summed E-state index contributed by atoms with van der Waals surface area (Å²) in [5, 5.41) is 3.46. The molecule has 19 heavy (non-hydrogen) atoms. The lowest BCUT2D eigenvalue weighted by Crippen LogP contribution is -2.35. The van der Waals surface area contributed by atoms with Gasteiger partial charge in [0.15, 0.2) is 0 Å². The van der Waals surface area contributed by atoms with Gasteiger partial charge in [0, 0.05) is 5.33 Å². The summed E-state index contributed by atoms with van der Waals surface area (Å²) in [5.41, 5.74) is 1.34. The van der Waals surface area contributed by atoms with Crippen molar-refractivity contribution in [2.75, 3.05) is 5.33 Å². The number of alkyl halides is 1. The summed E-state index contributed by atoms with van der Waals surface area (Å²) in [5.74, 6) is 0. The molecule has 0 aliphatic heterocycles. The highest BCUT2D eigenvalue weighted by Crippen LogP contribution is 2.22. The minimum atomic E-state index is -0.513. The monoisotopic (exact) mass is 325 g/mol. The van der Waals surface area contributed by atoms with Crippen LogP contribution in [0.25, 0.3) is 0 Å². The molecule has 1 aromatic rings. The van der Waals surface area contributed by atoms with Gasteiger partial charge < -0.3 is 10.1 Å². The van der Waals surface area contributed by atoms with Gasteiger partial charge in [0.05, 0.1) is 6.04 Å². The van der Waals surface area contributed by atoms with Crippen LogP contribution in [-0.2, 0) is 4.74 Å². The van der Waals surface area contributed by atoms with Crippen molar-refractivity contribution in [1.29, 1.82) is 0 Å². The van der Waals surface area contributed by atoms with E-state index in [-0.39, 0.29) is 6.04 Å². The SMILES string of the molecule is C=C(CBr)C(NC(=O)OC(C)(C)C)c1ccccc1. The number of rotatable bonds is 4. The summed E-state index contributed by atoms with van der Waals surface area (Å²) in [6.45, 7) is 9.49. The van der Waals surface area contributed by atoms with Crippen LogP contribution in [0.15, 0.2) is 42.5 Å². The van der Waals surface area contributed by atoms with Crippen molar-refractivity contribution in [3.63, 3.8) is 0 Å². The number of alkyl carbamates (subject to hydrolysis) is 1. The second kappa shape index (κ2) is 6.75. The Bertz CT molecular complexity index is 437. The van der Waals surface area contributed by atoms with E-state index in [1.165, 1.54) is 0 Å². The molecular formula is C15H20BrNO2. The summed E-state index contributed by atoms with van der Waals surface area (Å²) in [6, 6.07) is 9.45. The summed E-state index contributed by atoms with van der Waals surface area (Å²) in [4.78, 5) is 11.9. The van der Waals surface area contributed by atoms with E-state index in [9.17, 15) is 4.79 Å². The largest absolute Gasteiger partial charge is 0.444 e. The summed E-state index contributed by atoms with van der Waals surface area (Å²) in [7, 11) is 0. The minimum Gasteiger partial charge on any atom is -0.444 e. The van der Waals surface area contributed by atoms with Gasteiger partial charge in [-0.3, -0.25) is 0 Å². The minimum absolute atomic E-state index is 0.254. The summed E-state index contributed by atoms with van der Waals surface area (Å²) < 4.78 is 5.28. The highest BCUT2D eigenvalue weighted by Gasteiger charge is 2.21. The zero-order valence-corrected chi connectivity index (χ0v) is 13.2. The van der Waals surface area contributed by atoms with E-state index in [4.69, 9.17) is 4.74 Å². The highest BCUT2D eigenvalue weighted by molar-refractivity contribution is 9.09. The van der Waals surface area contributed by atoms with Gasteiger partial charge in [-0.05, 0) is 31.9 Å². The van der Waals surface area contributed by atoms with Crippen molar-refractivity contribution >= 4 is 22.0 Å². The molecule has 0 radical (unpaired) electrons. The molecule has 1 N–H and O–H groups in total.